The summed E-state index contributed by atoms with van der Waals surface area (Å²) in [5.74, 6) is 0.654. The number of hydrogen-bond acceptors (Lipinski definition) is 4. The molecule has 1 saturated carbocycles. The van der Waals surface area contributed by atoms with Gasteiger partial charge in [0, 0.05) is 11.5 Å². The van der Waals surface area contributed by atoms with Gasteiger partial charge in [0.05, 0.1) is 6.10 Å². The minimum atomic E-state index is -0.242. The van der Waals surface area contributed by atoms with Gasteiger partial charge in [0.2, 0.25) is 5.82 Å². The molecule has 2 rings (SSSR count). The number of aromatic nitrogens is 3. The summed E-state index contributed by atoms with van der Waals surface area (Å²) in [6, 6.07) is 0.118. The van der Waals surface area contributed by atoms with Crippen LogP contribution in [-0.2, 0) is 5.41 Å². The van der Waals surface area contributed by atoms with Gasteiger partial charge in [0.15, 0.2) is 0 Å². The van der Waals surface area contributed by atoms with Crippen LogP contribution >= 0.6 is 0 Å². The molecule has 1 aromatic heterocycles. The Bertz CT molecular complexity index is 442. The van der Waals surface area contributed by atoms with Gasteiger partial charge in [0.25, 0.3) is 5.91 Å². The summed E-state index contributed by atoms with van der Waals surface area (Å²) in [6.07, 6.45) is 2.88. The quantitative estimate of drug-likeness (QED) is 0.748. The van der Waals surface area contributed by atoms with Crippen molar-refractivity contribution in [1.82, 2.24) is 20.5 Å². The van der Waals surface area contributed by atoms with Crippen molar-refractivity contribution in [2.75, 3.05) is 0 Å². The molecule has 106 valence electrons. The van der Waals surface area contributed by atoms with Gasteiger partial charge in [-0.1, -0.05) is 20.8 Å². The van der Waals surface area contributed by atoms with Crippen molar-refractivity contribution < 1.29 is 9.90 Å². The summed E-state index contributed by atoms with van der Waals surface area (Å²) < 4.78 is 0. The molecular formula is C13H22N4O2. The maximum absolute atomic E-state index is 12.0. The zero-order chi connectivity index (χ0) is 14.0. The van der Waals surface area contributed by atoms with Crippen LogP contribution in [-0.4, -0.2) is 38.3 Å². The third-order valence-electron chi connectivity index (χ3n) is 3.43. The van der Waals surface area contributed by atoms with Crippen molar-refractivity contribution in [2.24, 2.45) is 0 Å². The van der Waals surface area contributed by atoms with Gasteiger partial charge in [0.1, 0.15) is 5.82 Å². The molecule has 0 saturated heterocycles. The first-order chi connectivity index (χ1) is 8.86. The second-order valence-electron chi connectivity index (χ2n) is 6.24. The molecule has 1 heterocycles. The van der Waals surface area contributed by atoms with Crippen molar-refractivity contribution in [3.8, 4) is 0 Å². The molecule has 0 unspecified atom stereocenters. The first-order valence-electron chi connectivity index (χ1n) is 6.78. The number of nitrogens with zero attached hydrogens (tertiary/aromatic N) is 2. The molecule has 6 nitrogen and oxygen atoms in total. The topological polar surface area (TPSA) is 90.9 Å². The summed E-state index contributed by atoms with van der Waals surface area (Å²) >= 11 is 0. The number of nitrogens with one attached hydrogen (secondary N) is 2. The van der Waals surface area contributed by atoms with Gasteiger partial charge in [-0.2, -0.15) is 0 Å². The maximum atomic E-state index is 12.0. The molecule has 0 aliphatic heterocycles. The molecule has 1 amide bonds. The minimum absolute atomic E-state index is 0.118. The highest BCUT2D eigenvalue weighted by atomic mass is 16.3. The highest BCUT2D eigenvalue weighted by Gasteiger charge is 2.24. The van der Waals surface area contributed by atoms with E-state index in [0.29, 0.717) is 5.82 Å². The van der Waals surface area contributed by atoms with Gasteiger partial charge in [-0.3, -0.25) is 9.89 Å². The van der Waals surface area contributed by atoms with E-state index >= 15 is 0 Å². The van der Waals surface area contributed by atoms with E-state index < -0.39 is 0 Å². The highest BCUT2D eigenvalue weighted by molar-refractivity contribution is 5.90. The van der Waals surface area contributed by atoms with Crippen molar-refractivity contribution in [3.05, 3.63) is 11.6 Å². The fourth-order valence-corrected chi connectivity index (χ4v) is 2.17. The molecular weight excluding hydrogens is 244 g/mol. The summed E-state index contributed by atoms with van der Waals surface area (Å²) in [7, 11) is 0. The van der Waals surface area contributed by atoms with Crippen LogP contribution in [0.25, 0.3) is 0 Å². The normalized spacial score (nSPS) is 24.2. The minimum Gasteiger partial charge on any atom is -0.393 e. The number of aromatic amines is 1. The molecule has 1 aliphatic rings. The van der Waals surface area contributed by atoms with E-state index in [0.717, 1.165) is 25.7 Å². The predicted octanol–water partition coefficient (Wildman–Crippen LogP) is 1.14. The van der Waals surface area contributed by atoms with Crippen LogP contribution in [0, 0.1) is 0 Å². The Hall–Kier alpha value is -1.43. The van der Waals surface area contributed by atoms with Crippen molar-refractivity contribution >= 4 is 5.91 Å². The van der Waals surface area contributed by atoms with Crippen LogP contribution in [0.1, 0.15) is 62.9 Å². The fourth-order valence-electron chi connectivity index (χ4n) is 2.17. The van der Waals surface area contributed by atoms with Crippen LogP contribution in [0.4, 0.5) is 0 Å². The van der Waals surface area contributed by atoms with Crippen molar-refractivity contribution in [2.45, 2.75) is 64.0 Å². The molecule has 0 atom stereocenters. The Morgan fingerprint density at radius 2 is 1.95 bits per heavy atom. The Morgan fingerprint density at radius 1 is 1.32 bits per heavy atom. The van der Waals surface area contributed by atoms with E-state index in [4.69, 9.17) is 0 Å². The summed E-state index contributed by atoms with van der Waals surface area (Å²) in [5.41, 5.74) is -0.152. The number of rotatable bonds is 2. The van der Waals surface area contributed by atoms with E-state index in [2.05, 4.69) is 20.5 Å². The van der Waals surface area contributed by atoms with Crippen LogP contribution in [0.15, 0.2) is 0 Å². The lowest BCUT2D eigenvalue weighted by atomic mass is 9.93. The lowest BCUT2D eigenvalue weighted by Crippen LogP contribution is -2.39. The maximum Gasteiger partial charge on any atom is 0.291 e. The first-order valence-corrected chi connectivity index (χ1v) is 6.78. The number of aliphatic hydroxyl groups is 1. The monoisotopic (exact) mass is 266 g/mol. The molecule has 1 fully saturated rings. The molecule has 0 bridgehead atoms. The van der Waals surface area contributed by atoms with E-state index in [1.165, 1.54) is 0 Å². The fraction of sp³-hybridized carbons (Fsp3) is 0.769. The number of hydrogen-bond donors (Lipinski definition) is 3. The molecule has 6 heteroatoms. The van der Waals surface area contributed by atoms with Crippen LogP contribution in [0.2, 0.25) is 0 Å². The van der Waals surface area contributed by atoms with Gasteiger partial charge < -0.3 is 10.4 Å². The third-order valence-corrected chi connectivity index (χ3v) is 3.43. The average molecular weight is 266 g/mol. The Morgan fingerprint density at radius 3 is 2.47 bits per heavy atom. The molecule has 1 aromatic rings. The Labute approximate surface area is 113 Å². The summed E-state index contributed by atoms with van der Waals surface area (Å²) in [4.78, 5) is 16.2. The van der Waals surface area contributed by atoms with Crippen molar-refractivity contribution in [3.63, 3.8) is 0 Å². The summed E-state index contributed by atoms with van der Waals surface area (Å²) in [6.45, 7) is 6.03. The largest absolute Gasteiger partial charge is 0.393 e. The molecule has 0 spiro atoms. The second kappa shape index (κ2) is 5.28. The molecule has 0 aromatic carbocycles. The average Bonchev–Trinajstić information content (AvgIpc) is 2.81. The number of carbonyl (C=O) groups excluding carboxylic acids is 1. The van der Waals surface area contributed by atoms with E-state index in [1.54, 1.807) is 0 Å². The summed E-state index contributed by atoms with van der Waals surface area (Å²) in [5, 5.41) is 19.1. The zero-order valence-electron chi connectivity index (χ0n) is 11.7. The molecule has 3 N–H and O–H groups in total. The van der Waals surface area contributed by atoms with Crippen molar-refractivity contribution in [1.29, 1.82) is 0 Å². The van der Waals surface area contributed by atoms with Gasteiger partial charge in [-0.15, -0.1) is 5.10 Å². The zero-order valence-corrected chi connectivity index (χ0v) is 11.7. The van der Waals surface area contributed by atoms with Gasteiger partial charge in [-0.05, 0) is 25.7 Å². The SMILES string of the molecule is CC(C)(C)c1nc(C(=O)NC2CCC(O)CC2)n[nH]1. The lowest BCUT2D eigenvalue weighted by Gasteiger charge is -2.25. The smallest absolute Gasteiger partial charge is 0.291 e. The standard InChI is InChI=1S/C13H22N4O2/c1-13(2,3)12-15-10(16-17-12)11(19)14-8-4-6-9(18)7-5-8/h8-9,18H,4-7H2,1-3H3,(H,14,19)(H,15,16,17). The first kappa shape index (κ1) is 14.0. The van der Waals surface area contributed by atoms with E-state index in [1.807, 2.05) is 20.8 Å². The Balaban J connectivity index is 1.95. The number of aliphatic hydroxyl groups excluding tert-OH is 1. The van der Waals surface area contributed by atoms with Crippen LogP contribution in [0.3, 0.4) is 0 Å². The van der Waals surface area contributed by atoms with Crippen LogP contribution in [0.5, 0.6) is 0 Å². The number of amides is 1. The van der Waals surface area contributed by atoms with E-state index in [-0.39, 0.29) is 29.3 Å². The van der Waals surface area contributed by atoms with Gasteiger partial charge >= 0.3 is 0 Å². The predicted molar refractivity (Wildman–Crippen MR) is 70.8 cm³/mol. The molecule has 19 heavy (non-hydrogen) atoms. The lowest BCUT2D eigenvalue weighted by molar-refractivity contribution is 0.0858. The van der Waals surface area contributed by atoms with Gasteiger partial charge in [-0.25, -0.2) is 4.98 Å². The molecule has 1 aliphatic carbocycles. The highest BCUT2D eigenvalue weighted by Crippen LogP contribution is 2.19. The number of carbonyl (C=O) groups is 1. The second-order valence-corrected chi connectivity index (χ2v) is 6.24. The van der Waals surface area contributed by atoms with Crippen LogP contribution < -0.4 is 5.32 Å². The van der Waals surface area contributed by atoms with E-state index in [9.17, 15) is 9.90 Å². The molecule has 0 radical (unpaired) electrons. The third kappa shape index (κ3) is 3.53. The Kier molecular flexibility index (Phi) is 3.89. The number of H-pyrrole nitrogens is 1.